The molecule has 1 unspecified atom stereocenters. The maximum atomic E-state index is 10.0. The van der Waals surface area contributed by atoms with E-state index in [1.807, 2.05) is 26.1 Å². The van der Waals surface area contributed by atoms with E-state index in [1.54, 1.807) is 7.11 Å². The number of methoxy groups -OCH3 is 1. The van der Waals surface area contributed by atoms with Crippen LogP contribution in [0.15, 0.2) is 30.5 Å². The standard InChI is InChI=1S/C19H24N2O2/c1-13-10-20-17(14(2)18(13)23-3)11-21-19(12-22)9-8-15-6-4-5-7-16(15)19/h4-7,10,21-22H,8-9,11-12H2,1-3H3. The molecule has 0 saturated carbocycles. The Balaban J connectivity index is 1.86. The molecular weight excluding hydrogens is 288 g/mol. The summed E-state index contributed by atoms with van der Waals surface area (Å²) in [6, 6.07) is 8.35. The van der Waals surface area contributed by atoms with Gasteiger partial charge in [-0.15, -0.1) is 0 Å². The van der Waals surface area contributed by atoms with Gasteiger partial charge in [0.2, 0.25) is 0 Å². The lowest BCUT2D eigenvalue weighted by Gasteiger charge is -2.30. The van der Waals surface area contributed by atoms with Gasteiger partial charge in [0.1, 0.15) is 5.75 Å². The van der Waals surface area contributed by atoms with Gasteiger partial charge in [0, 0.05) is 23.9 Å². The van der Waals surface area contributed by atoms with Crippen molar-refractivity contribution in [1.82, 2.24) is 10.3 Å². The van der Waals surface area contributed by atoms with Gasteiger partial charge in [-0.1, -0.05) is 24.3 Å². The SMILES string of the molecule is COc1c(C)cnc(CNC2(CO)CCc3ccccc32)c1C. The fourth-order valence-electron chi connectivity index (χ4n) is 3.59. The summed E-state index contributed by atoms with van der Waals surface area (Å²) in [4.78, 5) is 4.54. The predicted molar refractivity (Wildman–Crippen MR) is 90.6 cm³/mol. The van der Waals surface area contributed by atoms with Crippen molar-refractivity contribution in [3.63, 3.8) is 0 Å². The van der Waals surface area contributed by atoms with Gasteiger partial charge in [0.25, 0.3) is 0 Å². The molecule has 0 amide bonds. The highest BCUT2D eigenvalue weighted by Crippen LogP contribution is 2.37. The summed E-state index contributed by atoms with van der Waals surface area (Å²) in [5.74, 6) is 0.890. The number of aliphatic hydroxyl groups is 1. The molecule has 0 spiro atoms. The number of aromatic nitrogens is 1. The van der Waals surface area contributed by atoms with Crippen LogP contribution in [0.3, 0.4) is 0 Å². The van der Waals surface area contributed by atoms with E-state index in [0.717, 1.165) is 35.4 Å². The summed E-state index contributed by atoms with van der Waals surface area (Å²) in [7, 11) is 1.69. The molecule has 1 heterocycles. The molecule has 3 rings (SSSR count). The van der Waals surface area contributed by atoms with Gasteiger partial charge in [-0.3, -0.25) is 10.3 Å². The highest BCUT2D eigenvalue weighted by atomic mass is 16.5. The summed E-state index contributed by atoms with van der Waals surface area (Å²) < 4.78 is 5.48. The van der Waals surface area contributed by atoms with Gasteiger partial charge in [-0.25, -0.2) is 0 Å². The third kappa shape index (κ3) is 2.73. The zero-order valence-electron chi connectivity index (χ0n) is 14.0. The van der Waals surface area contributed by atoms with Crippen molar-refractivity contribution < 1.29 is 9.84 Å². The highest BCUT2D eigenvalue weighted by Gasteiger charge is 2.37. The first-order chi connectivity index (χ1) is 11.1. The second-order valence-electron chi connectivity index (χ2n) is 6.30. The first kappa shape index (κ1) is 16.0. The van der Waals surface area contributed by atoms with Crippen LogP contribution in [0.1, 0.15) is 34.4 Å². The number of pyridine rings is 1. The molecule has 1 aromatic heterocycles. The van der Waals surface area contributed by atoms with Gasteiger partial charge in [-0.2, -0.15) is 0 Å². The van der Waals surface area contributed by atoms with Crippen LogP contribution < -0.4 is 10.1 Å². The van der Waals surface area contributed by atoms with Gasteiger partial charge < -0.3 is 9.84 Å². The molecule has 0 aliphatic heterocycles. The fraction of sp³-hybridized carbons (Fsp3) is 0.421. The summed E-state index contributed by atoms with van der Waals surface area (Å²) >= 11 is 0. The molecule has 1 aliphatic rings. The first-order valence-electron chi connectivity index (χ1n) is 8.04. The van der Waals surface area contributed by atoms with Crippen LogP contribution in [0, 0.1) is 13.8 Å². The molecule has 1 aromatic carbocycles. The van der Waals surface area contributed by atoms with E-state index in [2.05, 4.69) is 28.5 Å². The summed E-state index contributed by atoms with van der Waals surface area (Å²) in [5, 5.41) is 13.6. The molecule has 0 radical (unpaired) electrons. The average molecular weight is 312 g/mol. The number of aliphatic hydroxyl groups excluding tert-OH is 1. The maximum absolute atomic E-state index is 10.0. The molecule has 0 fully saturated rings. The normalized spacial score (nSPS) is 19.7. The third-order valence-corrected chi connectivity index (χ3v) is 4.97. The van der Waals surface area contributed by atoms with E-state index in [4.69, 9.17) is 4.74 Å². The first-order valence-corrected chi connectivity index (χ1v) is 8.04. The number of fused-ring (bicyclic) bond motifs is 1. The van der Waals surface area contributed by atoms with Crippen LogP contribution in [0.5, 0.6) is 5.75 Å². The van der Waals surface area contributed by atoms with Crippen molar-refractivity contribution in [1.29, 1.82) is 0 Å². The van der Waals surface area contributed by atoms with Crippen LogP contribution in [0.4, 0.5) is 0 Å². The second-order valence-corrected chi connectivity index (χ2v) is 6.30. The summed E-state index contributed by atoms with van der Waals surface area (Å²) in [5.41, 5.74) is 5.21. The molecule has 122 valence electrons. The Bertz CT molecular complexity index is 715. The molecule has 2 aromatic rings. The maximum Gasteiger partial charge on any atom is 0.128 e. The smallest absolute Gasteiger partial charge is 0.128 e. The van der Waals surface area contributed by atoms with Crippen molar-refractivity contribution in [3.05, 3.63) is 58.4 Å². The second kappa shape index (κ2) is 6.30. The van der Waals surface area contributed by atoms with Crippen LogP contribution >= 0.6 is 0 Å². The minimum atomic E-state index is -0.372. The number of nitrogens with zero attached hydrogens (tertiary/aromatic N) is 1. The van der Waals surface area contributed by atoms with Crippen molar-refractivity contribution in [2.45, 2.75) is 38.8 Å². The molecule has 1 atom stereocenters. The molecule has 0 saturated heterocycles. The largest absolute Gasteiger partial charge is 0.496 e. The molecule has 4 heteroatoms. The Hall–Kier alpha value is -1.91. The van der Waals surface area contributed by atoms with Gasteiger partial charge in [0.05, 0.1) is 24.9 Å². The van der Waals surface area contributed by atoms with Crippen molar-refractivity contribution >= 4 is 0 Å². The Kier molecular flexibility index (Phi) is 4.37. The van der Waals surface area contributed by atoms with Crippen LogP contribution in [0.2, 0.25) is 0 Å². The molecule has 4 nitrogen and oxygen atoms in total. The average Bonchev–Trinajstić information content (AvgIpc) is 2.94. The van der Waals surface area contributed by atoms with Gasteiger partial charge >= 0.3 is 0 Å². The summed E-state index contributed by atoms with van der Waals surface area (Å²) in [6.45, 7) is 4.73. The van der Waals surface area contributed by atoms with E-state index >= 15 is 0 Å². The van der Waals surface area contributed by atoms with E-state index in [0.29, 0.717) is 6.54 Å². The number of rotatable bonds is 5. The van der Waals surface area contributed by atoms with E-state index < -0.39 is 0 Å². The monoisotopic (exact) mass is 312 g/mol. The predicted octanol–water partition coefficient (Wildman–Crippen LogP) is 2.63. The lowest BCUT2D eigenvalue weighted by atomic mass is 9.92. The lowest BCUT2D eigenvalue weighted by molar-refractivity contribution is 0.158. The molecule has 2 N–H and O–H groups in total. The van der Waals surface area contributed by atoms with Crippen molar-refractivity contribution in [2.75, 3.05) is 13.7 Å². The Morgan fingerprint density at radius 1 is 1.30 bits per heavy atom. The van der Waals surface area contributed by atoms with E-state index in [1.165, 1.54) is 11.1 Å². The zero-order chi connectivity index (χ0) is 16.4. The molecule has 0 bridgehead atoms. The number of ether oxygens (including phenoxy) is 1. The topological polar surface area (TPSA) is 54.4 Å². The number of aryl methyl sites for hydroxylation is 2. The van der Waals surface area contributed by atoms with Crippen LogP contribution in [0.25, 0.3) is 0 Å². The number of nitrogens with one attached hydrogen (secondary N) is 1. The molecule has 23 heavy (non-hydrogen) atoms. The highest BCUT2D eigenvalue weighted by molar-refractivity contribution is 5.42. The van der Waals surface area contributed by atoms with E-state index in [9.17, 15) is 5.11 Å². The zero-order valence-corrected chi connectivity index (χ0v) is 14.0. The minimum absolute atomic E-state index is 0.0893. The Morgan fingerprint density at radius 3 is 2.83 bits per heavy atom. The van der Waals surface area contributed by atoms with E-state index in [-0.39, 0.29) is 12.1 Å². The Morgan fingerprint density at radius 2 is 2.09 bits per heavy atom. The fourth-order valence-corrected chi connectivity index (χ4v) is 3.59. The van der Waals surface area contributed by atoms with Crippen molar-refractivity contribution in [2.24, 2.45) is 0 Å². The third-order valence-electron chi connectivity index (χ3n) is 4.97. The molecular formula is C19H24N2O2. The van der Waals surface area contributed by atoms with Gasteiger partial charge in [-0.05, 0) is 37.8 Å². The lowest BCUT2D eigenvalue weighted by Crippen LogP contribution is -2.43. The van der Waals surface area contributed by atoms with Crippen molar-refractivity contribution in [3.8, 4) is 5.75 Å². The van der Waals surface area contributed by atoms with Crippen LogP contribution in [-0.4, -0.2) is 23.8 Å². The number of benzene rings is 1. The minimum Gasteiger partial charge on any atom is -0.496 e. The number of hydrogen-bond acceptors (Lipinski definition) is 4. The quantitative estimate of drug-likeness (QED) is 0.891. The van der Waals surface area contributed by atoms with Gasteiger partial charge in [0.15, 0.2) is 0 Å². The molecule has 1 aliphatic carbocycles. The van der Waals surface area contributed by atoms with Crippen LogP contribution in [-0.2, 0) is 18.5 Å². The Labute approximate surface area is 137 Å². The summed E-state index contributed by atoms with van der Waals surface area (Å²) in [6.07, 6.45) is 3.75. The number of hydrogen-bond donors (Lipinski definition) is 2.